The van der Waals surface area contributed by atoms with Crippen LogP contribution in [0, 0.1) is 13.8 Å². The highest BCUT2D eigenvalue weighted by atomic mass is 32.2. The highest BCUT2D eigenvalue weighted by molar-refractivity contribution is 7.99. The molecule has 2 aromatic rings. The maximum absolute atomic E-state index is 12.6. The van der Waals surface area contributed by atoms with Crippen molar-refractivity contribution < 1.29 is 13.2 Å². The van der Waals surface area contributed by atoms with E-state index in [0.717, 1.165) is 35.4 Å². The summed E-state index contributed by atoms with van der Waals surface area (Å²) in [6, 6.07) is 8.65. The maximum Gasteiger partial charge on any atom is 0.242 e. The van der Waals surface area contributed by atoms with Crippen molar-refractivity contribution in [3.8, 4) is 0 Å². The van der Waals surface area contributed by atoms with Crippen LogP contribution in [0.3, 0.4) is 0 Å². The summed E-state index contributed by atoms with van der Waals surface area (Å²) in [6.07, 6.45) is 3.31. The van der Waals surface area contributed by atoms with Crippen LogP contribution in [-0.2, 0) is 14.8 Å². The first-order valence-corrected chi connectivity index (χ1v) is 11.8. The van der Waals surface area contributed by atoms with Gasteiger partial charge >= 0.3 is 0 Å². The zero-order chi connectivity index (χ0) is 20.3. The predicted molar refractivity (Wildman–Crippen MR) is 110 cm³/mol. The minimum absolute atomic E-state index is 0.289. The SMILES string of the molecule is Cc1cc(C)nc(Sc2ccc(NC(=O)[C@H]3CCCCN3S(C)(=O)=O)cc2)n1. The molecule has 1 aliphatic rings. The summed E-state index contributed by atoms with van der Waals surface area (Å²) in [5.74, 6) is -0.289. The van der Waals surface area contributed by atoms with E-state index in [1.807, 2.05) is 32.0 Å². The number of carbonyl (C=O) groups excluding carboxylic acids is 1. The molecule has 7 nitrogen and oxygen atoms in total. The van der Waals surface area contributed by atoms with E-state index < -0.39 is 16.1 Å². The summed E-state index contributed by atoms with van der Waals surface area (Å²) >= 11 is 1.45. The molecule has 28 heavy (non-hydrogen) atoms. The number of hydrogen-bond donors (Lipinski definition) is 1. The number of nitrogens with one attached hydrogen (secondary N) is 1. The van der Waals surface area contributed by atoms with Crippen molar-refractivity contribution in [3.05, 3.63) is 41.7 Å². The number of carbonyl (C=O) groups is 1. The second kappa shape index (κ2) is 8.59. The van der Waals surface area contributed by atoms with Gasteiger partial charge in [0, 0.05) is 28.5 Å². The largest absolute Gasteiger partial charge is 0.325 e. The second-order valence-corrected chi connectivity index (χ2v) is 9.91. The van der Waals surface area contributed by atoms with Crippen molar-refractivity contribution in [2.75, 3.05) is 18.1 Å². The Bertz CT molecular complexity index is 941. The minimum atomic E-state index is -3.41. The Kier molecular flexibility index (Phi) is 6.36. The van der Waals surface area contributed by atoms with Gasteiger partial charge in [0.05, 0.1) is 6.26 Å². The Morgan fingerprint density at radius 3 is 2.39 bits per heavy atom. The van der Waals surface area contributed by atoms with E-state index in [1.54, 1.807) is 12.1 Å². The van der Waals surface area contributed by atoms with Gasteiger partial charge in [-0.05, 0) is 68.8 Å². The molecule has 9 heteroatoms. The molecule has 1 atom stereocenters. The van der Waals surface area contributed by atoms with E-state index in [0.29, 0.717) is 23.8 Å². The Morgan fingerprint density at radius 1 is 1.14 bits per heavy atom. The lowest BCUT2D eigenvalue weighted by Gasteiger charge is -2.32. The summed E-state index contributed by atoms with van der Waals surface area (Å²) < 4.78 is 25.2. The summed E-state index contributed by atoms with van der Waals surface area (Å²) in [4.78, 5) is 22.4. The molecule has 1 N–H and O–H groups in total. The lowest BCUT2D eigenvalue weighted by atomic mass is 10.0. The van der Waals surface area contributed by atoms with Crippen molar-refractivity contribution in [1.29, 1.82) is 0 Å². The van der Waals surface area contributed by atoms with Gasteiger partial charge in [-0.2, -0.15) is 4.31 Å². The van der Waals surface area contributed by atoms with Gasteiger partial charge in [0.2, 0.25) is 15.9 Å². The summed E-state index contributed by atoms with van der Waals surface area (Å²) in [6.45, 7) is 4.26. The molecule has 0 spiro atoms. The third kappa shape index (κ3) is 5.30. The van der Waals surface area contributed by atoms with Crippen LogP contribution in [-0.4, -0.2) is 47.4 Å². The number of hydrogen-bond acceptors (Lipinski definition) is 6. The van der Waals surface area contributed by atoms with Crippen molar-refractivity contribution in [2.24, 2.45) is 0 Å². The smallest absolute Gasteiger partial charge is 0.242 e. The highest BCUT2D eigenvalue weighted by Gasteiger charge is 2.34. The third-order valence-corrected chi connectivity index (χ3v) is 6.64. The minimum Gasteiger partial charge on any atom is -0.325 e. The Morgan fingerprint density at radius 2 is 1.79 bits per heavy atom. The van der Waals surface area contributed by atoms with Crippen LogP contribution in [0.4, 0.5) is 5.69 Å². The average molecular weight is 421 g/mol. The van der Waals surface area contributed by atoms with E-state index >= 15 is 0 Å². The molecule has 0 saturated carbocycles. The number of rotatable bonds is 5. The van der Waals surface area contributed by atoms with E-state index in [4.69, 9.17) is 0 Å². The normalized spacial score (nSPS) is 18.0. The number of benzene rings is 1. The van der Waals surface area contributed by atoms with Gasteiger partial charge in [0.25, 0.3) is 0 Å². The van der Waals surface area contributed by atoms with Gasteiger partial charge < -0.3 is 5.32 Å². The third-order valence-electron chi connectivity index (χ3n) is 4.48. The quantitative estimate of drug-likeness (QED) is 0.748. The molecular formula is C19H24N4O3S2. The van der Waals surface area contributed by atoms with Crippen LogP contribution in [0.15, 0.2) is 40.4 Å². The van der Waals surface area contributed by atoms with Crippen LogP contribution in [0.2, 0.25) is 0 Å². The van der Waals surface area contributed by atoms with Crippen molar-refractivity contribution in [1.82, 2.24) is 14.3 Å². The molecule has 1 fully saturated rings. The summed E-state index contributed by atoms with van der Waals surface area (Å²) in [5, 5.41) is 3.52. The molecule has 1 aliphatic heterocycles. The van der Waals surface area contributed by atoms with E-state index in [1.165, 1.54) is 16.1 Å². The first kappa shape index (κ1) is 20.8. The molecule has 1 aromatic carbocycles. The molecule has 0 bridgehead atoms. The average Bonchev–Trinajstić information content (AvgIpc) is 2.62. The Hall–Kier alpha value is -1.97. The molecule has 0 unspecified atom stereocenters. The number of nitrogens with zero attached hydrogens (tertiary/aromatic N) is 3. The van der Waals surface area contributed by atoms with E-state index in [2.05, 4.69) is 15.3 Å². The first-order valence-electron chi connectivity index (χ1n) is 9.10. The fraction of sp³-hybridized carbons (Fsp3) is 0.421. The molecule has 0 aliphatic carbocycles. The summed E-state index contributed by atoms with van der Waals surface area (Å²) in [5.41, 5.74) is 2.47. The van der Waals surface area contributed by atoms with Crippen LogP contribution in [0.5, 0.6) is 0 Å². The van der Waals surface area contributed by atoms with Crippen molar-refractivity contribution in [3.63, 3.8) is 0 Å². The predicted octanol–water partition coefficient (Wildman–Crippen LogP) is 3.00. The number of anilines is 1. The lowest BCUT2D eigenvalue weighted by Crippen LogP contribution is -2.49. The number of sulfonamides is 1. The Balaban J connectivity index is 1.67. The fourth-order valence-electron chi connectivity index (χ4n) is 3.24. The Labute approximate surface area is 170 Å². The first-order chi connectivity index (χ1) is 13.2. The van der Waals surface area contributed by atoms with Crippen LogP contribution >= 0.6 is 11.8 Å². The van der Waals surface area contributed by atoms with Gasteiger partial charge in [-0.25, -0.2) is 18.4 Å². The van der Waals surface area contributed by atoms with Crippen molar-refractivity contribution in [2.45, 2.75) is 49.2 Å². The van der Waals surface area contributed by atoms with Crippen LogP contribution in [0.1, 0.15) is 30.7 Å². The molecule has 1 aromatic heterocycles. The molecule has 150 valence electrons. The van der Waals surface area contributed by atoms with Crippen LogP contribution < -0.4 is 5.32 Å². The van der Waals surface area contributed by atoms with E-state index in [9.17, 15) is 13.2 Å². The van der Waals surface area contributed by atoms with Gasteiger partial charge in [0.1, 0.15) is 6.04 Å². The van der Waals surface area contributed by atoms with E-state index in [-0.39, 0.29) is 5.91 Å². The number of piperidine rings is 1. The standard InChI is InChI=1S/C19H24N4O3S2/c1-13-12-14(2)21-19(20-13)27-16-9-7-15(8-10-16)22-18(24)17-6-4-5-11-23(17)28(3,25)26/h7-10,12,17H,4-6,11H2,1-3H3,(H,22,24)/t17-/m1/s1. The highest BCUT2D eigenvalue weighted by Crippen LogP contribution is 2.27. The number of aryl methyl sites for hydroxylation is 2. The molecular weight excluding hydrogens is 396 g/mol. The number of amides is 1. The number of aromatic nitrogens is 2. The van der Waals surface area contributed by atoms with Gasteiger partial charge in [-0.1, -0.05) is 6.42 Å². The maximum atomic E-state index is 12.6. The molecule has 3 rings (SSSR count). The van der Waals surface area contributed by atoms with Gasteiger partial charge in [0.15, 0.2) is 5.16 Å². The second-order valence-electron chi connectivity index (χ2n) is 6.93. The van der Waals surface area contributed by atoms with Gasteiger partial charge in [-0.15, -0.1) is 0 Å². The monoisotopic (exact) mass is 420 g/mol. The van der Waals surface area contributed by atoms with Gasteiger partial charge in [-0.3, -0.25) is 4.79 Å². The van der Waals surface area contributed by atoms with Crippen LogP contribution in [0.25, 0.3) is 0 Å². The molecule has 0 radical (unpaired) electrons. The van der Waals surface area contributed by atoms with Crippen molar-refractivity contribution >= 4 is 33.4 Å². The molecule has 1 amide bonds. The molecule has 2 heterocycles. The molecule has 1 saturated heterocycles. The zero-order valence-corrected chi connectivity index (χ0v) is 17.8. The fourth-order valence-corrected chi connectivity index (χ4v) is 5.23. The topological polar surface area (TPSA) is 92.3 Å². The lowest BCUT2D eigenvalue weighted by molar-refractivity contribution is -0.120. The summed E-state index contributed by atoms with van der Waals surface area (Å²) in [7, 11) is -3.41. The zero-order valence-electron chi connectivity index (χ0n) is 16.2.